The first-order valence-corrected chi connectivity index (χ1v) is 18.1. The Morgan fingerprint density at radius 1 is 0.898 bits per heavy atom. The molecule has 0 fully saturated rings. The highest BCUT2D eigenvalue weighted by Gasteiger charge is 2.32. The van der Waals surface area contributed by atoms with Crippen LogP contribution in [0.4, 0.5) is 11.8 Å². The van der Waals surface area contributed by atoms with Crippen molar-refractivity contribution in [1.82, 2.24) is 19.9 Å². The second kappa shape index (κ2) is 13.8. The molecule has 49 heavy (non-hydrogen) atoms. The van der Waals surface area contributed by atoms with Crippen molar-refractivity contribution in [2.75, 3.05) is 29.8 Å². The van der Waals surface area contributed by atoms with E-state index in [2.05, 4.69) is 61.1 Å². The maximum Gasteiger partial charge on any atom is 0.264 e. The molecule has 4 bridgehead atoms. The van der Waals surface area contributed by atoms with Crippen molar-refractivity contribution in [1.29, 1.82) is 0 Å². The number of benzene rings is 2. The van der Waals surface area contributed by atoms with Gasteiger partial charge < -0.3 is 14.5 Å². The van der Waals surface area contributed by atoms with Gasteiger partial charge in [0.15, 0.2) is 0 Å². The van der Waals surface area contributed by atoms with Gasteiger partial charge in [-0.3, -0.25) is 4.79 Å². The molecule has 1 N–H and O–H groups in total. The molecule has 1 aliphatic heterocycles. The Hall–Kier alpha value is -4.51. The van der Waals surface area contributed by atoms with Crippen molar-refractivity contribution < 1.29 is 17.9 Å². The molecule has 0 spiro atoms. The van der Waals surface area contributed by atoms with Crippen LogP contribution in [-0.2, 0) is 16.6 Å². The number of nitrogens with zero attached hydrogens (tertiary/aromatic N) is 5. The number of aryl methyl sites for hydroxylation is 2. The van der Waals surface area contributed by atoms with Gasteiger partial charge in [0.25, 0.3) is 15.9 Å². The lowest BCUT2D eigenvalue weighted by Crippen LogP contribution is -2.45. The fourth-order valence-corrected chi connectivity index (χ4v) is 7.27. The number of hydrogen-bond donors (Lipinski definition) is 1. The molecule has 4 aromatic rings. The molecular formula is C38H48N6O4S. The van der Waals surface area contributed by atoms with E-state index >= 15 is 0 Å². The summed E-state index contributed by atoms with van der Waals surface area (Å²) >= 11 is 0. The molecule has 0 unspecified atom stereocenters. The molecule has 2 aromatic heterocycles. The van der Waals surface area contributed by atoms with Gasteiger partial charge in [-0.05, 0) is 72.6 Å². The number of sulfonamides is 1. The number of rotatable bonds is 6. The number of carbonyl (C=O) groups is 1. The van der Waals surface area contributed by atoms with Crippen LogP contribution in [0.3, 0.4) is 0 Å². The topological polar surface area (TPSA) is 118 Å². The fraction of sp³-hybridized carbons (Fsp3) is 0.421. The van der Waals surface area contributed by atoms with Gasteiger partial charge in [-0.2, -0.15) is 4.98 Å². The minimum atomic E-state index is -4.17. The average Bonchev–Trinajstić information content (AvgIpc) is 3.00. The fourth-order valence-electron chi connectivity index (χ4n) is 6.28. The third-order valence-electron chi connectivity index (χ3n) is 8.26. The molecule has 0 saturated heterocycles. The second-order valence-corrected chi connectivity index (χ2v) is 17.1. The molecule has 0 aliphatic carbocycles. The lowest BCUT2D eigenvalue weighted by molar-refractivity contribution is 0.0509. The van der Waals surface area contributed by atoms with Crippen molar-refractivity contribution in [3.05, 3.63) is 89.1 Å². The summed E-state index contributed by atoms with van der Waals surface area (Å²) in [7, 11) is -2.15. The molecule has 1 aliphatic rings. The lowest BCUT2D eigenvalue weighted by atomic mass is 9.87. The van der Waals surface area contributed by atoms with Crippen molar-refractivity contribution in [3.63, 3.8) is 0 Å². The second-order valence-electron chi connectivity index (χ2n) is 15.4. The Labute approximate surface area is 291 Å². The third-order valence-corrected chi connectivity index (χ3v) is 9.58. The van der Waals surface area contributed by atoms with Crippen LogP contribution in [0.2, 0.25) is 0 Å². The van der Waals surface area contributed by atoms with E-state index in [1.807, 2.05) is 57.3 Å². The van der Waals surface area contributed by atoms with Crippen molar-refractivity contribution >= 4 is 27.7 Å². The van der Waals surface area contributed by atoms with Crippen LogP contribution in [-0.4, -0.2) is 60.4 Å². The zero-order valence-electron chi connectivity index (χ0n) is 30.0. The van der Waals surface area contributed by atoms with Crippen LogP contribution >= 0.6 is 0 Å². The summed E-state index contributed by atoms with van der Waals surface area (Å²) in [5, 5.41) is 0. The van der Waals surface area contributed by atoms with Gasteiger partial charge in [-0.15, -0.1) is 0 Å². The minimum Gasteiger partial charge on any atom is -0.475 e. The van der Waals surface area contributed by atoms with Gasteiger partial charge in [-0.1, -0.05) is 71.9 Å². The summed E-state index contributed by atoms with van der Waals surface area (Å²) in [5.41, 5.74) is 4.19. The first-order chi connectivity index (χ1) is 22.9. The zero-order valence-corrected chi connectivity index (χ0v) is 30.9. The van der Waals surface area contributed by atoms with E-state index in [9.17, 15) is 13.2 Å². The molecule has 10 nitrogen and oxygen atoms in total. The van der Waals surface area contributed by atoms with Gasteiger partial charge in [0.1, 0.15) is 12.4 Å². The number of ether oxygens (including phenoxy) is 1. The number of anilines is 2. The molecule has 1 amide bonds. The van der Waals surface area contributed by atoms with Gasteiger partial charge in [0.2, 0.25) is 11.8 Å². The van der Waals surface area contributed by atoms with Crippen molar-refractivity contribution in [2.24, 2.45) is 10.8 Å². The Balaban J connectivity index is 1.64. The third kappa shape index (κ3) is 8.94. The highest BCUT2D eigenvalue weighted by atomic mass is 32.2. The SMILES string of the molecule is Cc1cccc(C)c1-c1cc2nc(n1)NS(=O)(=O)c1cccc(c1)C(=O)N(Cc1cccc(N(C)CC(C)(C)C)n1)[C@H](CC(C)(C)C)CO2. The highest BCUT2D eigenvalue weighted by Crippen LogP contribution is 2.32. The summed E-state index contributed by atoms with van der Waals surface area (Å²) in [4.78, 5) is 32.4. The molecule has 2 aromatic carbocycles. The van der Waals surface area contributed by atoms with Gasteiger partial charge >= 0.3 is 0 Å². The van der Waals surface area contributed by atoms with E-state index < -0.39 is 16.1 Å². The lowest BCUT2D eigenvalue weighted by Gasteiger charge is -2.36. The van der Waals surface area contributed by atoms with E-state index in [-0.39, 0.29) is 52.2 Å². The molecule has 3 heterocycles. The number of aromatic nitrogens is 3. The van der Waals surface area contributed by atoms with Crippen LogP contribution in [0.1, 0.15) is 75.1 Å². The number of amides is 1. The zero-order chi connectivity index (χ0) is 35.7. The maximum absolute atomic E-state index is 14.5. The molecule has 11 heteroatoms. The van der Waals surface area contributed by atoms with Crippen molar-refractivity contribution in [2.45, 2.75) is 79.3 Å². The molecule has 5 rings (SSSR count). The summed E-state index contributed by atoms with van der Waals surface area (Å²) in [6, 6.07) is 19.1. The van der Waals surface area contributed by atoms with Crippen LogP contribution in [0.15, 0.2) is 71.6 Å². The van der Waals surface area contributed by atoms with Crippen LogP contribution in [0.5, 0.6) is 5.88 Å². The molecule has 0 radical (unpaired) electrons. The Kier molecular flexibility index (Phi) is 10.1. The summed E-state index contributed by atoms with van der Waals surface area (Å²) in [5.74, 6) is 0.571. The van der Waals surface area contributed by atoms with Gasteiger partial charge in [-0.25, -0.2) is 23.1 Å². The van der Waals surface area contributed by atoms with Gasteiger partial charge in [0, 0.05) is 30.8 Å². The summed E-state index contributed by atoms with van der Waals surface area (Å²) < 4.78 is 36.4. The standard InChI is InChI=1S/C38H48N6O4S/c1-25-13-10-14-26(2)34(25)31-20-33-41-36(40-31)42-49(46,47)30-17-11-15-27(19-30)35(45)44(29(23-48-33)21-37(3,4)5)22-28-16-12-18-32(39-28)43(9)24-38(6,7)8/h10-20,29H,21-24H2,1-9H3,(H,40,41,42)/t29-/m1/s1. The van der Waals surface area contributed by atoms with Crippen LogP contribution in [0, 0.1) is 24.7 Å². The van der Waals surface area contributed by atoms with E-state index in [0.29, 0.717) is 17.8 Å². The Morgan fingerprint density at radius 3 is 2.24 bits per heavy atom. The van der Waals surface area contributed by atoms with E-state index in [4.69, 9.17) is 9.72 Å². The normalized spacial score (nSPS) is 16.5. The van der Waals surface area contributed by atoms with Crippen molar-refractivity contribution in [3.8, 4) is 17.1 Å². The van der Waals surface area contributed by atoms with Crippen LogP contribution < -0.4 is 14.4 Å². The molecule has 260 valence electrons. The van der Waals surface area contributed by atoms with Gasteiger partial charge in [0.05, 0.1) is 28.9 Å². The van der Waals surface area contributed by atoms with Crippen LogP contribution in [0.25, 0.3) is 11.3 Å². The molecular weight excluding hydrogens is 637 g/mol. The predicted molar refractivity (Wildman–Crippen MR) is 194 cm³/mol. The smallest absolute Gasteiger partial charge is 0.264 e. The average molecular weight is 685 g/mol. The van der Waals surface area contributed by atoms with E-state index in [1.165, 1.54) is 12.1 Å². The highest BCUT2D eigenvalue weighted by molar-refractivity contribution is 7.92. The molecule has 0 saturated carbocycles. The first-order valence-electron chi connectivity index (χ1n) is 16.6. The maximum atomic E-state index is 14.5. The Bertz CT molecular complexity index is 1930. The number of carbonyl (C=O) groups excluding carboxylic acids is 1. The van der Waals surface area contributed by atoms with E-state index in [1.54, 1.807) is 23.1 Å². The van der Waals surface area contributed by atoms with E-state index in [0.717, 1.165) is 29.1 Å². The monoisotopic (exact) mass is 684 g/mol. The Morgan fingerprint density at radius 2 is 1.57 bits per heavy atom. The largest absolute Gasteiger partial charge is 0.475 e. The quantitative estimate of drug-likeness (QED) is 0.225. The first kappa shape index (κ1) is 35.8. The number of pyridine rings is 1. The minimum absolute atomic E-state index is 0.0616. The number of nitrogens with one attached hydrogen (secondary N) is 1. The number of hydrogen-bond acceptors (Lipinski definition) is 8. The molecule has 1 atom stereocenters. The summed E-state index contributed by atoms with van der Waals surface area (Å²) in [6.45, 7) is 18.0. The summed E-state index contributed by atoms with van der Waals surface area (Å²) in [6.07, 6.45) is 0.598. The predicted octanol–water partition coefficient (Wildman–Crippen LogP) is 7.28. The number of fused-ring (bicyclic) bond motifs is 4.